The zero-order chi connectivity index (χ0) is 14.6. The smallest absolute Gasteiger partial charge is 0.251 e. The summed E-state index contributed by atoms with van der Waals surface area (Å²) < 4.78 is 0. The number of carbonyl (C=O) groups is 1. The van der Waals surface area contributed by atoms with Crippen LogP contribution in [0.5, 0.6) is 0 Å². The molecule has 0 atom stereocenters. The van der Waals surface area contributed by atoms with E-state index >= 15 is 0 Å². The van der Waals surface area contributed by atoms with Gasteiger partial charge < -0.3 is 5.32 Å². The normalized spacial score (nSPS) is 9.30. The van der Waals surface area contributed by atoms with Gasteiger partial charge in [0, 0.05) is 13.5 Å². The fourth-order valence-corrected chi connectivity index (χ4v) is 1.66. The van der Waals surface area contributed by atoms with Crippen LogP contribution in [0.3, 0.4) is 0 Å². The highest BCUT2D eigenvalue weighted by atomic mass is 16.1. The second-order valence-corrected chi connectivity index (χ2v) is 4.56. The van der Waals surface area contributed by atoms with E-state index in [9.17, 15) is 4.79 Å². The van der Waals surface area contributed by atoms with Crippen molar-refractivity contribution in [1.29, 1.82) is 0 Å². The molecule has 0 heterocycles. The predicted molar refractivity (Wildman–Crippen MR) is 87.0 cm³/mol. The molecular formula is C18H25NO. The van der Waals surface area contributed by atoms with Gasteiger partial charge in [-0.05, 0) is 24.1 Å². The lowest BCUT2D eigenvalue weighted by atomic mass is 10.1. The Morgan fingerprint density at radius 1 is 0.950 bits per heavy atom. The number of hydrogen-bond donors (Lipinski definition) is 1. The number of amides is 1. The molecule has 0 aromatic heterocycles. The topological polar surface area (TPSA) is 29.1 Å². The van der Waals surface area contributed by atoms with E-state index in [1.165, 1.54) is 12.0 Å². The van der Waals surface area contributed by atoms with E-state index < -0.39 is 0 Å². The lowest BCUT2D eigenvalue weighted by Gasteiger charge is -2.05. The molecule has 2 heteroatoms. The van der Waals surface area contributed by atoms with Gasteiger partial charge in [0.05, 0.1) is 0 Å². The van der Waals surface area contributed by atoms with Crippen LogP contribution in [0.25, 0.3) is 0 Å². The number of rotatable bonds is 4. The Labute approximate surface area is 123 Å². The molecule has 1 amide bonds. The van der Waals surface area contributed by atoms with Crippen molar-refractivity contribution in [3.05, 3.63) is 71.8 Å². The number of benzene rings is 2. The Balaban J connectivity index is 0.000000922. The van der Waals surface area contributed by atoms with Crippen LogP contribution < -0.4 is 5.32 Å². The van der Waals surface area contributed by atoms with E-state index in [1.807, 2.05) is 48.5 Å². The fraction of sp³-hybridized carbons (Fsp3) is 0.278. The summed E-state index contributed by atoms with van der Waals surface area (Å²) in [6.07, 6.45) is 2.11. The maximum absolute atomic E-state index is 11.7. The van der Waals surface area contributed by atoms with Crippen molar-refractivity contribution < 1.29 is 6.22 Å². The average Bonchev–Trinajstić information content (AvgIpc) is 2.50. The monoisotopic (exact) mass is 271 g/mol. The van der Waals surface area contributed by atoms with Gasteiger partial charge in [-0.1, -0.05) is 68.8 Å². The van der Waals surface area contributed by atoms with Gasteiger partial charge in [-0.2, -0.15) is 0 Å². The van der Waals surface area contributed by atoms with Gasteiger partial charge in [0.1, 0.15) is 0 Å². The van der Waals surface area contributed by atoms with Crippen LogP contribution in [0.2, 0.25) is 0 Å². The highest BCUT2D eigenvalue weighted by Gasteiger charge is 2.02. The molecule has 108 valence electrons. The maximum atomic E-state index is 11.7. The molecule has 0 saturated heterocycles. The Kier molecular flexibility index (Phi) is 7.82. The van der Waals surface area contributed by atoms with Gasteiger partial charge in [-0.15, -0.1) is 0 Å². The summed E-state index contributed by atoms with van der Waals surface area (Å²) in [7, 11) is 0. The second kappa shape index (κ2) is 9.79. The second-order valence-electron chi connectivity index (χ2n) is 4.56. The molecular weight excluding hydrogens is 246 g/mol. The van der Waals surface area contributed by atoms with Gasteiger partial charge in [-0.25, -0.2) is 0 Å². The quantitative estimate of drug-likeness (QED) is 0.881. The lowest BCUT2D eigenvalue weighted by Crippen LogP contribution is -2.25. The minimum atomic E-state index is -0.0125. The molecule has 2 nitrogen and oxygen atoms in total. The van der Waals surface area contributed by atoms with Crippen LogP contribution in [0.15, 0.2) is 60.7 Å². The van der Waals surface area contributed by atoms with Crippen molar-refractivity contribution in [1.82, 2.24) is 5.32 Å². The fourth-order valence-electron chi connectivity index (χ4n) is 1.66. The highest BCUT2D eigenvalue weighted by Crippen LogP contribution is 2.00. The molecule has 0 aliphatic carbocycles. The maximum Gasteiger partial charge on any atom is 0.251 e. The predicted octanol–water partition coefficient (Wildman–Crippen LogP) is 4.32. The average molecular weight is 271 g/mol. The molecule has 0 spiro atoms. The number of hydrogen-bond acceptors (Lipinski definition) is 1. The van der Waals surface area contributed by atoms with Gasteiger partial charge in [-0.3, -0.25) is 4.79 Å². The van der Waals surface area contributed by atoms with Crippen molar-refractivity contribution in [2.24, 2.45) is 0 Å². The Hall–Kier alpha value is -2.09. The van der Waals surface area contributed by atoms with Gasteiger partial charge in [0.25, 0.3) is 5.91 Å². The molecule has 0 unspecified atom stereocenters. The van der Waals surface area contributed by atoms with Crippen LogP contribution in [-0.2, 0) is 6.42 Å². The van der Waals surface area contributed by atoms with Crippen LogP contribution in [0, 0.1) is 0 Å². The third-order valence-corrected chi connectivity index (χ3v) is 2.58. The molecule has 0 saturated carbocycles. The molecule has 0 aliphatic rings. The van der Waals surface area contributed by atoms with Crippen LogP contribution in [-0.4, -0.2) is 12.5 Å². The molecule has 0 bridgehead atoms. The van der Waals surface area contributed by atoms with Crippen molar-refractivity contribution in [3.8, 4) is 0 Å². The first-order chi connectivity index (χ1) is 9.77. The van der Waals surface area contributed by atoms with E-state index in [-0.39, 0.29) is 7.33 Å². The molecule has 0 radical (unpaired) electrons. The van der Waals surface area contributed by atoms with E-state index in [2.05, 4.69) is 31.3 Å². The molecule has 0 fully saturated rings. The highest BCUT2D eigenvalue weighted by molar-refractivity contribution is 5.94. The third kappa shape index (κ3) is 6.19. The Morgan fingerprint density at radius 2 is 1.45 bits per heavy atom. The summed E-state index contributed by atoms with van der Waals surface area (Å²) in [4.78, 5) is 11.7. The summed E-state index contributed by atoms with van der Waals surface area (Å²) in [6, 6.07) is 19.4. The van der Waals surface area contributed by atoms with Crippen molar-refractivity contribution in [2.45, 2.75) is 26.7 Å². The molecule has 2 aromatic carbocycles. The summed E-state index contributed by atoms with van der Waals surface area (Å²) in [5, 5.41) is 2.91. The van der Waals surface area contributed by atoms with E-state index in [0.717, 1.165) is 6.42 Å². The molecule has 20 heavy (non-hydrogen) atoms. The summed E-state index contributed by atoms with van der Waals surface area (Å²) >= 11 is 0. The number of nitrogens with one attached hydrogen (secondary N) is 1. The zero-order valence-electron chi connectivity index (χ0n) is 12.3. The lowest BCUT2D eigenvalue weighted by molar-refractivity contribution is 0.0954. The largest absolute Gasteiger partial charge is 0.352 e. The first-order valence-electron chi connectivity index (χ1n) is 7.15. The van der Waals surface area contributed by atoms with E-state index in [1.54, 1.807) is 0 Å². The molecule has 2 aromatic rings. The summed E-state index contributed by atoms with van der Waals surface area (Å²) in [5.41, 5.74) is 1.95. The first-order valence-corrected chi connectivity index (χ1v) is 7.15. The zero-order valence-corrected chi connectivity index (χ0v) is 12.3. The van der Waals surface area contributed by atoms with Gasteiger partial charge in [0.2, 0.25) is 0 Å². The van der Waals surface area contributed by atoms with E-state index in [4.69, 9.17) is 0 Å². The Morgan fingerprint density at radius 3 is 2.00 bits per heavy atom. The van der Waals surface area contributed by atoms with Crippen LogP contribution in [0.1, 0.15) is 37.6 Å². The summed E-state index contributed by atoms with van der Waals surface area (Å²) in [5.74, 6) is -0.0125. The minimum Gasteiger partial charge on any atom is -0.352 e. The molecule has 2 rings (SSSR count). The Bertz CT molecular complexity index is 485. The van der Waals surface area contributed by atoms with Crippen molar-refractivity contribution in [3.63, 3.8) is 0 Å². The van der Waals surface area contributed by atoms with E-state index in [0.29, 0.717) is 12.1 Å². The third-order valence-electron chi connectivity index (χ3n) is 2.58. The minimum absolute atomic E-state index is 0. The molecule has 0 aliphatic heterocycles. The number of carbonyl (C=O) groups excluding carboxylic acids is 1. The molecule has 1 N–H and O–H groups in total. The van der Waals surface area contributed by atoms with Crippen LogP contribution >= 0.6 is 0 Å². The SMILES string of the molecule is CCC.O=C(NCCc1ccccc1)c1ccccc1.[HH]. The summed E-state index contributed by atoms with van der Waals surface area (Å²) in [6.45, 7) is 4.91. The van der Waals surface area contributed by atoms with Gasteiger partial charge in [0.15, 0.2) is 0 Å². The van der Waals surface area contributed by atoms with Crippen molar-refractivity contribution in [2.75, 3.05) is 6.54 Å². The van der Waals surface area contributed by atoms with Crippen LogP contribution in [0.4, 0.5) is 0 Å². The standard InChI is InChI=1S/C15H15NO.C3H8.H2/c17-15(14-9-5-2-6-10-14)16-12-11-13-7-3-1-4-8-13;1-3-2;/h1-10H,11-12H2,(H,16,17);3H2,1-2H3;1H. The van der Waals surface area contributed by atoms with Gasteiger partial charge >= 0.3 is 0 Å². The first kappa shape index (κ1) is 16.0. The van der Waals surface area contributed by atoms with Crippen molar-refractivity contribution >= 4 is 5.91 Å².